The zero-order valence-corrected chi connectivity index (χ0v) is 10.9. The Morgan fingerprint density at radius 2 is 1.92 bits per heavy atom. The molecule has 0 saturated heterocycles. The Morgan fingerprint density at radius 3 is 2.50 bits per heavy atom. The van der Waals surface area contributed by atoms with E-state index in [9.17, 15) is 0 Å². The van der Waals surface area contributed by atoms with Crippen LogP contribution in [0.4, 0.5) is 0 Å². The van der Waals surface area contributed by atoms with E-state index in [4.69, 9.17) is 14.3 Å². The SMILES string of the molecule is OP(O)Oc1cccc(I)c1I. The molecule has 66 valence electrons. The highest BCUT2D eigenvalue weighted by atomic mass is 127. The highest BCUT2D eigenvalue weighted by molar-refractivity contribution is 14.1. The molecule has 0 aliphatic heterocycles. The fourth-order valence-corrected chi connectivity index (χ4v) is 2.09. The molecular weight excluding hydrogens is 405 g/mol. The van der Waals surface area contributed by atoms with E-state index in [0.29, 0.717) is 5.75 Å². The van der Waals surface area contributed by atoms with E-state index in [-0.39, 0.29) is 0 Å². The topological polar surface area (TPSA) is 49.7 Å². The third-order valence-electron chi connectivity index (χ3n) is 1.10. The van der Waals surface area contributed by atoms with Gasteiger partial charge >= 0.3 is 8.60 Å². The quantitative estimate of drug-likeness (QED) is 0.583. The van der Waals surface area contributed by atoms with Crippen LogP contribution in [0, 0.1) is 7.14 Å². The molecule has 0 aromatic heterocycles. The van der Waals surface area contributed by atoms with Crippen molar-refractivity contribution < 1.29 is 14.3 Å². The first-order valence-corrected chi connectivity index (χ1v) is 6.23. The van der Waals surface area contributed by atoms with Crippen molar-refractivity contribution in [2.24, 2.45) is 0 Å². The van der Waals surface area contributed by atoms with Crippen LogP contribution in [0.15, 0.2) is 18.2 Å². The van der Waals surface area contributed by atoms with Crippen molar-refractivity contribution in [2.75, 3.05) is 0 Å². The molecule has 0 saturated carbocycles. The average Bonchev–Trinajstić information content (AvgIpc) is 1.98. The molecule has 0 spiro atoms. The maximum Gasteiger partial charge on any atom is 0.391 e. The molecule has 6 heteroatoms. The first-order chi connectivity index (χ1) is 5.61. The number of hydrogen-bond acceptors (Lipinski definition) is 3. The maximum atomic E-state index is 8.61. The van der Waals surface area contributed by atoms with Crippen LogP contribution in [0.25, 0.3) is 0 Å². The predicted molar refractivity (Wildman–Crippen MR) is 63.9 cm³/mol. The summed E-state index contributed by atoms with van der Waals surface area (Å²) in [7, 11) is -2.31. The van der Waals surface area contributed by atoms with Crippen molar-refractivity contribution in [1.82, 2.24) is 0 Å². The number of hydrogen-bond donors (Lipinski definition) is 2. The zero-order valence-electron chi connectivity index (χ0n) is 5.74. The van der Waals surface area contributed by atoms with Crippen LogP contribution in [0.1, 0.15) is 0 Å². The lowest BCUT2D eigenvalue weighted by Gasteiger charge is -2.07. The molecule has 0 unspecified atom stereocenters. The van der Waals surface area contributed by atoms with Crippen LogP contribution in [-0.4, -0.2) is 9.79 Å². The molecule has 1 aromatic carbocycles. The van der Waals surface area contributed by atoms with Gasteiger partial charge in [-0.25, -0.2) is 0 Å². The molecule has 0 atom stereocenters. The van der Waals surface area contributed by atoms with Gasteiger partial charge in [0.15, 0.2) is 0 Å². The third-order valence-corrected chi connectivity index (χ3v) is 4.50. The summed E-state index contributed by atoms with van der Waals surface area (Å²) >= 11 is 4.25. The first-order valence-electron chi connectivity index (χ1n) is 2.91. The second-order valence-corrected chi connectivity index (χ2v) is 4.82. The van der Waals surface area contributed by atoms with E-state index in [1.54, 1.807) is 12.1 Å². The molecule has 1 rings (SSSR count). The van der Waals surface area contributed by atoms with Gasteiger partial charge in [0.2, 0.25) is 0 Å². The Labute approximate surface area is 98.4 Å². The monoisotopic (exact) mass is 410 g/mol. The van der Waals surface area contributed by atoms with Gasteiger partial charge in [-0.3, -0.25) is 0 Å². The van der Waals surface area contributed by atoms with Gasteiger partial charge < -0.3 is 14.3 Å². The van der Waals surface area contributed by atoms with E-state index < -0.39 is 8.60 Å². The van der Waals surface area contributed by atoms with Gasteiger partial charge in [-0.15, -0.1) is 0 Å². The van der Waals surface area contributed by atoms with E-state index in [0.717, 1.165) is 7.14 Å². The molecule has 0 aliphatic rings. The summed E-state index contributed by atoms with van der Waals surface area (Å²) in [6.45, 7) is 0. The van der Waals surface area contributed by atoms with Crippen LogP contribution in [-0.2, 0) is 0 Å². The summed E-state index contributed by atoms with van der Waals surface area (Å²) in [5.74, 6) is 0.513. The van der Waals surface area contributed by atoms with Crippen molar-refractivity contribution in [3.63, 3.8) is 0 Å². The predicted octanol–water partition coefficient (Wildman–Crippen LogP) is 2.49. The molecule has 0 radical (unpaired) electrons. The van der Waals surface area contributed by atoms with E-state index in [1.807, 2.05) is 6.07 Å². The molecule has 1 aromatic rings. The lowest BCUT2D eigenvalue weighted by molar-refractivity contribution is 0.374. The van der Waals surface area contributed by atoms with Crippen molar-refractivity contribution in [3.05, 3.63) is 25.3 Å². The first kappa shape index (κ1) is 10.9. The standard InChI is InChI=1S/C6H5I2O3P/c7-4-2-1-3-5(6(4)8)11-12(9)10/h1-3,9-10H. The minimum atomic E-state index is -2.31. The third kappa shape index (κ3) is 2.95. The Bertz CT molecular complexity index is 279. The summed E-state index contributed by atoms with van der Waals surface area (Å²) in [5.41, 5.74) is 0. The fourth-order valence-electron chi connectivity index (χ4n) is 0.642. The number of rotatable bonds is 2. The second-order valence-electron chi connectivity index (χ2n) is 1.90. The normalized spacial score (nSPS) is 10.4. The van der Waals surface area contributed by atoms with Crippen LogP contribution in [0.2, 0.25) is 0 Å². The van der Waals surface area contributed by atoms with Crippen LogP contribution in [0.5, 0.6) is 5.75 Å². The maximum absolute atomic E-state index is 8.61. The Kier molecular flexibility index (Phi) is 4.45. The Hall–Kier alpha value is 0.830. The smallest absolute Gasteiger partial charge is 0.391 e. The molecule has 0 heterocycles. The highest BCUT2D eigenvalue weighted by Gasteiger charge is 2.08. The Morgan fingerprint density at radius 1 is 1.25 bits per heavy atom. The molecule has 0 amide bonds. The van der Waals surface area contributed by atoms with Crippen molar-refractivity contribution in [2.45, 2.75) is 0 Å². The van der Waals surface area contributed by atoms with Crippen molar-refractivity contribution in [1.29, 1.82) is 0 Å². The van der Waals surface area contributed by atoms with E-state index in [2.05, 4.69) is 45.2 Å². The molecule has 0 bridgehead atoms. The fraction of sp³-hybridized carbons (Fsp3) is 0. The number of halogens is 2. The van der Waals surface area contributed by atoms with Gasteiger partial charge in [0.1, 0.15) is 5.75 Å². The zero-order chi connectivity index (χ0) is 9.14. The lowest BCUT2D eigenvalue weighted by Crippen LogP contribution is -1.89. The summed E-state index contributed by atoms with van der Waals surface area (Å²) < 4.78 is 6.71. The average molecular weight is 410 g/mol. The summed E-state index contributed by atoms with van der Waals surface area (Å²) in [4.78, 5) is 17.2. The summed E-state index contributed by atoms with van der Waals surface area (Å²) in [6.07, 6.45) is 0. The minimum Gasteiger partial charge on any atom is -0.426 e. The van der Waals surface area contributed by atoms with Gasteiger partial charge in [0, 0.05) is 3.57 Å². The second kappa shape index (κ2) is 4.90. The van der Waals surface area contributed by atoms with Gasteiger partial charge in [-0.2, -0.15) is 0 Å². The molecule has 2 N–H and O–H groups in total. The lowest BCUT2D eigenvalue weighted by atomic mass is 10.3. The molecule has 3 nitrogen and oxygen atoms in total. The Balaban J connectivity index is 2.92. The van der Waals surface area contributed by atoms with Crippen LogP contribution in [0.3, 0.4) is 0 Å². The highest BCUT2D eigenvalue weighted by Crippen LogP contribution is 2.34. The van der Waals surface area contributed by atoms with Crippen molar-refractivity contribution in [3.8, 4) is 5.75 Å². The van der Waals surface area contributed by atoms with Gasteiger partial charge in [0.25, 0.3) is 0 Å². The summed E-state index contributed by atoms with van der Waals surface area (Å²) in [6, 6.07) is 5.43. The molecule has 0 fully saturated rings. The molecule has 0 aliphatic carbocycles. The van der Waals surface area contributed by atoms with E-state index in [1.165, 1.54) is 0 Å². The summed E-state index contributed by atoms with van der Waals surface area (Å²) in [5, 5.41) is 0. The van der Waals surface area contributed by atoms with Crippen molar-refractivity contribution >= 4 is 53.8 Å². The van der Waals surface area contributed by atoms with Crippen LogP contribution < -0.4 is 4.52 Å². The van der Waals surface area contributed by atoms with Gasteiger partial charge in [-0.1, -0.05) is 6.07 Å². The van der Waals surface area contributed by atoms with E-state index >= 15 is 0 Å². The molecule has 12 heavy (non-hydrogen) atoms. The van der Waals surface area contributed by atoms with Gasteiger partial charge in [-0.05, 0) is 57.3 Å². The minimum absolute atomic E-state index is 0.513. The largest absolute Gasteiger partial charge is 0.426 e. The van der Waals surface area contributed by atoms with Gasteiger partial charge in [0.05, 0.1) is 3.57 Å². The molecular formula is C6H5I2O3P. The number of benzene rings is 1. The van der Waals surface area contributed by atoms with Crippen LogP contribution >= 0.6 is 53.8 Å².